The highest BCUT2D eigenvalue weighted by molar-refractivity contribution is 7.15. The summed E-state index contributed by atoms with van der Waals surface area (Å²) in [4.78, 5) is 5.85. The van der Waals surface area contributed by atoms with Crippen molar-refractivity contribution in [3.63, 3.8) is 0 Å². The van der Waals surface area contributed by atoms with E-state index in [1.54, 1.807) is 11.3 Å². The van der Waals surface area contributed by atoms with Crippen molar-refractivity contribution in [2.45, 2.75) is 46.1 Å². The maximum absolute atomic E-state index is 4.52. The Kier molecular flexibility index (Phi) is 2.77. The minimum Gasteiger partial charge on any atom is -0.359 e. The molecule has 2 nitrogen and oxygen atoms in total. The SMILES string of the molecule is Cc1nc(NC2CCCC2C)sc1C. The number of anilines is 1. The van der Waals surface area contributed by atoms with Crippen molar-refractivity contribution in [2.75, 3.05) is 5.32 Å². The highest BCUT2D eigenvalue weighted by Crippen LogP contribution is 2.30. The van der Waals surface area contributed by atoms with Gasteiger partial charge in [-0.05, 0) is 32.6 Å². The molecule has 0 aliphatic heterocycles. The zero-order chi connectivity index (χ0) is 10.1. The van der Waals surface area contributed by atoms with Crippen LogP contribution in [-0.4, -0.2) is 11.0 Å². The second-order valence-corrected chi connectivity index (χ2v) is 5.52. The second-order valence-electron chi connectivity index (χ2n) is 4.32. The van der Waals surface area contributed by atoms with Gasteiger partial charge in [-0.3, -0.25) is 0 Å². The Morgan fingerprint density at radius 2 is 2.14 bits per heavy atom. The van der Waals surface area contributed by atoms with E-state index in [-0.39, 0.29) is 0 Å². The van der Waals surface area contributed by atoms with Crippen LogP contribution in [-0.2, 0) is 0 Å². The van der Waals surface area contributed by atoms with E-state index >= 15 is 0 Å². The molecule has 1 N–H and O–H groups in total. The minimum absolute atomic E-state index is 0.653. The van der Waals surface area contributed by atoms with Crippen molar-refractivity contribution < 1.29 is 0 Å². The van der Waals surface area contributed by atoms with E-state index in [0.29, 0.717) is 6.04 Å². The van der Waals surface area contributed by atoms with Crippen LogP contribution in [0.4, 0.5) is 5.13 Å². The average Bonchev–Trinajstić information content (AvgIpc) is 2.63. The van der Waals surface area contributed by atoms with Gasteiger partial charge >= 0.3 is 0 Å². The summed E-state index contributed by atoms with van der Waals surface area (Å²) in [7, 11) is 0. The fourth-order valence-electron chi connectivity index (χ4n) is 2.05. The summed E-state index contributed by atoms with van der Waals surface area (Å²) in [5.41, 5.74) is 1.17. The van der Waals surface area contributed by atoms with Gasteiger partial charge in [0.1, 0.15) is 0 Å². The second kappa shape index (κ2) is 3.89. The molecule has 1 aliphatic rings. The van der Waals surface area contributed by atoms with Gasteiger partial charge < -0.3 is 5.32 Å². The molecule has 2 rings (SSSR count). The average molecular weight is 210 g/mol. The number of rotatable bonds is 2. The Bertz CT molecular complexity index is 300. The molecule has 2 atom stereocenters. The highest BCUT2D eigenvalue weighted by atomic mass is 32.1. The first kappa shape index (κ1) is 9.97. The van der Waals surface area contributed by atoms with Gasteiger partial charge in [-0.2, -0.15) is 0 Å². The molecule has 1 aromatic rings. The number of hydrogen-bond donors (Lipinski definition) is 1. The third kappa shape index (κ3) is 1.92. The summed E-state index contributed by atoms with van der Waals surface area (Å²) in [5, 5.41) is 4.67. The number of thiazole rings is 1. The lowest BCUT2D eigenvalue weighted by Gasteiger charge is -2.15. The Balaban J connectivity index is 2.03. The van der Waals surface area contributed by atoms with E-state index in [1.165, 1.54) is 29.8 Å². The van der Waals surface area contributed by atoms with E-state index in [4.69, 9.17) is 0 Å². The molecule has 3 heteroatoms. The minimum atomic E-state index is 0.653. The molecule has 1 aliphatic carbocycles. The van der Waals surface area contributed by atoms with Gasteiger partial charge in [-0.15, -0.1) is 11.3 Å². The van der Waals surface area contributed by atoms with Crippen LogP contribution in [0.2, 0.25) is 0 Å². The number of nitrogens with one attached hydrogen (secondary N) is 1. The van der Waals surface area contributed by atoms with Gasteiger partial charge in [0.05, 0.1) is 5.69 Å². The molecule has 0 saturated heterocycles. The van der Waals surface area contributed by atoms with Gasteiger partial charge in [0.15, 0.2) is 5.13 Å². The summed E-state index contributed by atoms with van der Waals surface area (Å²) < 4.78 is 0. The fraction of sp³-hybridized carbons (Fsp3) is 0.727. The molecule has 1 aromatic heterocycles. The van der Waals surface area contributed by atoms with E-state index in [2.05, 4.69) is 31.1 Å². The van der Waals surface area contributed by atoms with E-state index in [1.807, 2.05) is 0 Å². The summed E-state index contributed by atoms with van der Waals surface area (Å²) in [6.45, 7) is 6.54. The molecule has 0 aromatic carbocycles. The van der Waals surface area contributed by atoms with Gasteiger partial charge in [0.2, 0.25) is 0 Å². The van der Waals surface area contributed by atoms with Crippen LogP contribution in [0.1, 0.15) is 36.8 Å². The smallest absolute Gasteiger partial charge is 0.183 e. The highest BCUT2D eigenvalue weighted by Gasteiger charge is 2.23. The van der Waals surface area contributed by atoms with Crippen molar-refractivity contribution in [2.24, 2.45) is 5.92 Å². The van der Waals surface area contributed by atoms with Crippen molar-refractivity contribution in [1.82, 2.24) is 4.98 Å². The molecular formula is C11H18N2S. The van der Waals surface area contributed by atoms with Crippen LogP contribution in [0.25, 0.3) is 0 Å². The van der Waals surface area contributed by atoms with Gasteiger partial charge in [0, 0.05) is 10.9 Å². The van der Waals surface area contributed by atoms with E-state index in [9.17, 15) is 0 Å². The molecule has 0 radical (unpaired) electrons. The number of aromatic nitrogens is 1. The van der Waals surface area contributed by atoms with Crippen molar-refractivity contribution in [1.29, 1.82) is 0 Å². The molecule has 0 bridgehead atoms. The predicted octanol–water partition coefficient (Wildman–Crippen LogP) is 3.36. The molecule has 78 valence electrons. The van der Waals surface area contributed by atoms with Crippen LogP contribution < -0.4 is 5.32 Å². The summed E-state index contributed by atoms with van der Waals surface area (Å²) in [6, 6.07) is 0.653. The molecule has 14 heavy (non-hydrogen) atoms. The molecule has 1 heterocycles. The molecule has 1 saturated carbocycles. The number of nitrogens with zero attached hydrogens (tertiary/aromatic N) is 1. The zero-order valence-electron chi connectivity index (χ0n) is 9.13. The normalized spacial score (nSPS) is 26.8. The summed E-state index contributed by atoms with van der Waals surface area (Å²) in [5.74, 6) is 0.805. The predicted molar refractivity (Wildman–Crippen MR) is 62.0 cm³/mol. The summed E-state index contributed by atoms with van der Waals surface area (Å²) >= 11 is 1.78. The Labute approximate surface area is 89.8 Å². The van der Waals surface area contributed by atoms with Gasteiger partial charge in [0.25, 0.3) is 0 Å². The largest absolute Gasteiger partial charge is 0.359 e. The number of aryl methyl sites for hydroxylation is 2. The first-order valence-corrected chi connectivity index (χ1v) is 6.19. The van der Waals surface area contributed by atoms with Gasteiger partial charge in [-0.1, -0.05) is 13.3 Å². The Morgan fingerprint density at radius 3 is 2.64 bits per heavy atom. The monoisotopic (exact) mass is 210 g/mol. The molecular weight excluding hydrogens is 192 g/mol. The quantitative estimate of drug-likeness (QED) is 0.809. The third-order valence-corrected chi connectivity index (χ3v) is 4.20. The lowest BCUT2D eigenvalue weighted by Crippen LogP contribution is -2.21. The maximum Gasteiger partial charge on any atom is 0.183 e. The molecule has 0 amide bonds. The van der Waals surface area contributed by atoms with Crippen LogP contribution in [0.5, 0.6) is 0 Å². The van der Waals surface area contributed by atoms with Crippen LogP contribution in [0, 0.1) is 19.8 Å². The lowest BCUT2D eigenvalue weighted by atomic mass is 10.1. The van der Waals surface area contributed by atoms with E-state index < -0.39 is 0 Å². The first-order valence-electron chi connectivity index (χ1n) is 5.37. The van der Waals surface area contributed by atoms with E-state index in [0.717, 1.165) is 11.0 Å². The fourth-order valence-corrected chi connectivity index (χ4v) is 2.93. The van der Waals surface area contributed by atoms with Gasteiger partial charge in [-0.25, -0.2) is 4.98 Å². The first-order chi connectivity index (χ1) is 6.66. The van der Waals surface area contributed by atoms with Crippen LogP contribution in [0.3, 0.4) is 0 Å². The lowest BCUT2D eigenvalue weighted by molar-refractivity contribution is 0.556. The standard InChI is InChI=1S/C11H18N2S/c1-7-5-4-6-10(7)13-11-12-8(2)9(3)14-11/h7,10H,4-6H2,1-3H3,(H,12,13). The Hall–Kier alpha value is -0.570. The third-order valence-electron chi connectivity index (χ3n) is 3.20. The topological polar surface area (TPSA) is 24.9 Å². The molecule has 2 unspecified atom stereocenters. The van der Waals surface area contributed by atoms with Crippen molar-refractivity contribution in [3.8, 4) is 0 Å². The van der Waals surface area contributed by atoms with Crippen LogP contribution in [0.15, 0.2) is 0 Å². The number of hydrogen-bond acceptors (Lipinski definition) is 3. The van der Waals surface area contributed by atoms with Crippen molar-refractivity contribution >= 4 is 16.5 Å². The Morgan fingerprint density at radius 1 is 1.36 bits per heavy atom. The summed E-state index contributed by atoms with van der Waals surface area (Å²) in [6.07, 6.45) is 4.03. The zero-order valence-corrected chi connectivity index (χ0v) is 9.95. The van der Waals surface area contributed by atoms with Crippen LogP contribution >= 0.6 is 11.3 Å². The van der Waals surface area contributed by atoms with Crippen molar-refractivity contribution in [3.05, 3.63) is 10.6 Å². The molecule has 1 fully saturated rings. The molecule has 0 spiro atoms. The maximum atomic E-state index is 4.52.